The van der Waals surface area contributed by atoms with E-state index in [1.807, 2.05) is 0 Å². The lowest BCUT2D eigenvalue weighted by atomic mass is 9.67. The molecule has 0 heterocycles. The number of aryl methyl sites for hydroxylation is 1. The molecule has 0 bridgehead atoms. The lowest BCUT2D eigenvalue weighted by molar-refractivity contribution is -0.143. The quantitative estimate of drug-likeness (QED) is 0.644. The van der Waals surface area contributed by atoms with Gasteiger partial charge in [0.25, 0.3) is 0 Å². The zero-order valence-electron chi connectivity index (χ0n) is 13.2. The Morgan fingerprint density at radius 3 is 2.40 bits per heavy atom. The predicted molar refractivity (Wildman–Crippen MR) is 81.6 cm³/mol. The smallest absolute Gasteiger partial charge is 0.481 e. The van der Waals surface area contributed by atoms with Crippen LogP contribution in [0.1, 0.15) is 43.2 Å². The maximum Gasteiger partial charge on any atom is 0.534 e. The van der Waals surface area contributed by atoms with Crippen LogP contribution in [0.4, 0.5) is 13.2 Å². The van der Waals surface area contributed by atoms with Gasteiger partial charge in [0, 0.05) is 0 Å². The van der Waals surface area contributed by atoms with Crippen molar-refractivity contribution in [1.29, 1.82) is 0 Å². The summed E-state index contributed by atoms with van der Waals surface area (Å²) in [6.45, 7) is 0. The minimum Gasteiger partial charge on any atom is -0.481 e. The molecule has 0 aliphatic heterocycles. The fourth-order valence-electron chi connectivity index (χ4n) is 3.94. The van der Waals surface area contributed by atoms with Crippen LogP contribution in [-0.4, -0.2) is 25.0 Å². The summed E-state index contributed by atoms with van der Waals surface area (Å²) < 4.78 is 64.1. The van der Waals surface area contributed by atoms with Crippen molar-refractivity contribution in [2.24, 2.45) is 5.92 Å². The number of halogens is 3. The number of hydrogen-bond donors (Lipinski definition) is 1. The average Bonchev–Trinajstić information content (AvgIpc) is 2.85. The molecule has 1 spiro atoms. The van der Waals surface area contributed by atoms with Crippen LogP contribution in [0.15, 0.2) is 18.2 Å². The minimum atomic E-state index is -5.71. The van der Waals surface area contributed by atoms with E-state index in [0.29, 0.717) is 25.7 Å². The third kappa shape index (κ3) is 3.21. The Balaban J connectivity index is 1.87. The minimum absolute atomic E-state index is 0.303. The van der Waals surface area contributed by atoms with Crippen molar-refractivity contribution in [1.82, 2.24) is 0 Å². The van der Waals surface area contributed by atoms with Crippen LogP contribution in [0, 0.1) is 5.92 Å². The molecule has 1 fully saturated rings. The van der Waals surface area contributed by atoms with Gasteiger partial charge in [0.1, 0.15) is 5.75 Å². The average molecular weight is 378 g/mol. The molecule has 0 amide bonds. The van der Waals surface area contributed by atoms with Crippen molar-refractivity contribution < 1.29 is 35.7 Å². The molecule has 2 aliphatic carbocycles. The van der Waals surface area contributed by atoms with Crippen molar-refractivity contribution in [3.05, 3.63) is 29.3 Å². The molecular formula is C16H17F3O5S. The largest absolute Gasteiger partial charge is 0.534 e. The highest BCUT2D eigenvalue weighted by Crippen LogP contribution is 2.51. The summed E-state index contributed by atoms with van der Waals surface area (Å²) in [6, 6.07) is 4.19. The first-order valence-electron chi connectivity index (χ1n) is 7.91. The summed E-state index contributed by atoms with van der Waals surface area (Å²) in [7, 11) is -5.71. The van der Waals surface area contributed by atoms with Crippen molar-refractivity contribution in [3.8, 4) is 5.75 Å². The van der Waals surface area contributed by atoms with E-state index in [2.05, 4.69) is 4.18 Å². The van der Waals surface area contributed by atoms with Gasteiger partial charge in [-0.15, -0.1) is 0 Å². The number of alkyl halides is 3. The number of aliphatic carboxylic acids is 1. The van der Waals surface area contributed by atoms with Crippen LogP contribution in [-0.2, 0) is 26.7 Å². The van der Waals surface area contributed by atoms with Crippen LogP contribution in [0.3, 0.4) is 0 Å². The number of rotatable bonds is 3. The summed E-state index contributed by atoms with van der Waals surface area (Å²) in [5.74, 6) is -1.60. The molecule has 5 nitrogen and oxygen atoms in total. The first-order valence-corrected chi connectivity index (χ1v) is 9.32. The lowest BCUT2D eigenvalue weighted by Crippen LogP contribution is -2.32. The van der Waals surface area contributed by atoms with Gasteiger partial charge in [0.15, 0.2) is 0 Å². The molecule has 2 aliphatic rings. The number of hydrogen-bond acceptors (Lipinski definition) is 4. The second-order valence-electron chi connectivity index (χ2n) is 6.69. The van der Waals surface area contributed by atoms with Crippen molar-refractivity contribution in [2.45, 2.75) is 49.4 Å². The Kier molecular flexibility index (Phi) is 4.25. The number of carboxylic acids is 1. The SMILES string of the molecule is O=C(O)C1CCC2(CCc3ccc(OS(=O)(=O)C(F)(F)F)cc32)CC1. The van der Waals surface area contributed by atoms with Crippen LogP contribution in [0.25, 0.3) is 0 Å². The molecular weight excluding hydrogens is 361 g/mol. The van der Waals surface area contributed by atoms with Gasteiger partial charge in [-0.3, -0.25) is 4.79 Å². The number of carbonyl (C=O) groups is 1. The molecule has 1 aromatic rings. The van der Waals surface area contributed by atoms with Crippen LogP contribution in [0.2, 0.25) is 0 Å². The van der Waals surface area contributed by atoms with Gasteiger partial charge in [-0.2, -0.15) is 21.6 Å². The Morgan fingerprint density at radius 1 is 1.20 bits per heavy atom. The van der Waals surface area contributed by atoms with Gasteiger partial charge in [-0.1, -0.05) is 6.07 Å². The van der Waals surface area contributed by atoms with Crippen molar-refractivity contribution in [2.75, 3.05) is 0 Å². The second kappa shape index (κ2) is 5.89. The van der Waals surface area contributed by atoms with E-state index < -0.39 is 27.5 Å². The number of benzene rings is 1. The zero-order valence-corrected chi connectivity index (χ0v) is 14.0. The van der Waals surface area contributed by atoms with E-state index in [-0.39, 0.29) is 11.2 Å². The third-order valence-electron chi connectivity index (χ3n) is 5.31. The molecule has 1 aromatic carbocycles. The monoisotopic (exact) mass is 378 g/mol. The third-order valence-corrected chi connectivity index (χ3v) is 6.29. The molecule has 0 atom stereocenters. The Labute approximate surface area is 142 Å². The maximum absolute atomic E-state index is 12.5. The Bertz CT molecular complexity index is 792. The number of fused-ring (bicyclic) bond motifs is 2. The fraction of sp³-hybridized carbons (Fsp3) is 0.562. The molecule has 3 rings (SSSR count). The van der Waals surface area contributed by atoms with Gasteiger partial charge < -0.3 is 9.29 Å². The van der Waals surface area contributed by atoms with Crippen LogP contribution >= 0.6 is 0 Å². The van der Waals surface area contributed by atoms with Crippen LogP contribution < -0.4 is 4.18 Å². The number of carboxylic acid groups (broad SMARTS) is 1. The van der Waals surface area contributed by atoms with Crippen molar-refractivity contribution >= 4 is 16.1 Å². The predicted octanol–water partition coefficient (Wildman–Crippen LogP) is 3.37. The van der Waals surface area contributed by atoms with Crippen molar-refractivity contribution in [3.63, 3.8) is 0 Å². The van der Waals surface area contributed by atoms with E-state index in [0.717, 1.165) is 24.0 Å². The molecule has 138 valence electrons. The first-order chi connectivity index (χ1) is 11.5. The van der Waals surface area contributed by atoms with E-state index in [9.17, 15) is 26.4 Å². The highest BCUT2D eigenvalue weighted by Gasteiger charge is 2.49. The molecule has 0 aromatic heterocycles. The van der Waals surface area contributed by atoms with Crippen LogP contribution in [0.5, 0.6) is 5.75 Å². The lowest BCUT2D eigenvalue weighted by Gasteiger charge is -2.37. The van der Waals surface area contributed by atoms with Gasteiger partial charge in [0.2, 0.25) is 0 Å². The second-order valence-corrected chi connectivity index (χ2v) is 8.23. The Hall–Kier alpha value is -1.77. The fourth-order valence-corrected chi connectivity index (χ4v) is 4.39. The topological polar surface area (TPSA) is 80.7 Å². The van der Waals surface area contributed by atoms with E-state index in [1.165, 1.54) is 12.1 Å². The summed E-state index contributed by atoms with van der Waals surface area (Å²) in [5, 5.41) is 9.12. The highest BCUT2D eigenvalue weighted by atomic mass is 32.2. The summed E-state index contributed by atoms with van der Waals surface area (Å²) in [5.41, 5.74) is -4.05. The summed E-state index contributed by atoms with van der Waals surface area (Å²) in [4.78, 5) is 11.1. The van der Waals surface area contributed by atoms with Gasteiger partial charge in [0.05, 0.1) is 5.92 Å². The summed E-state index contributed by atoms with van der Waals surface area (Å²) >= 11 is 0. The van der Waals surface area contributed by atoms with E-state index >= 15 is 0 Å². The van der Waals surface area contributed by atoms with E-state index in [4.69, 9.17) is 5.11 Å². The Morgan fingerprint density at radius 2 is 1.84 bits per heavy atom. The molecule has 0 saturated heterocycles. The zero-order chi connectivity index (χ0) is 18.5. The van der Waals surface area contributed by atoms with E-state index in [1.54, 1.807) is 6.07 Å². The summed E-state index contributed by atoms with van der Waals surface area (Å²) in [6.07, 6.45) is 3.75. The maximum atomic E-state index is 12.5. The molecule has 0 radical (unpaired) electrons. The highest BCUT2D eigenvalue weighted by molar-refractivity contribution is 7.88. The molecule has 1 N–H and O–H groups in total. The molecule has 25 heavy (non-hydrogen) atoms. The standard InChI is InChI=1S/C16H17F3O5S/c17-16(18,19)25(22,23)24-12-2-1-10-3-6-15(13(10)9-12)7-4-11(5-8-15)14(20)21/h1-2,9,11H,3-8H2,(H,20,21). The molecule has 0 unspecified atom stereocenters. The molecule has 9 heteroatoms. The normalized spacial score (nSPS) is 26.4. The first kappa shape index (κ1) is 18.0. The van der Waals surface area contributed by atoms with Gasteiger partial charge >= 0.3 is 21.6 Å². The van der Waals surface area contributed by atoms with Gasteiger partial charge in [-0.05, 0) is 67.2 Å². The van der Waals surface area contributed by atoms with Gasteiger partial charge in [-0.25, -0.2) is 0 Å². The molecule has 1 saturated carbocycles.